The van der Waals surface area contributed by atoms with Crippen molar-refractivity contribution in [3.63, 3.8) is 0 Å². The monoisotopic (exact) mass is 430 g/mol. The predicted molar refractivity (Wildman–Crippen MR) is 111 cm³/mol. The minimum Gasteiger partial charge on any atom is -0.473 e. The highest BCUT2D eigenvalue weighted by Gasteiger charge is 2.29. The third kappa shape index (κ3) is 5.90. The van der Waals surface area contributed by atoms with Gasteiger partial charge in [-0.3, -0.25) is 0 Å². The van der Waals surface area contributed by atoms with E-state index in [1.54, 1.807) is 28.3 Å². The number of carbonyl (C=O) groups is 1. The van der Waals surface area contributed by atoms with Crippen LogP contribution in [0.1, 0.15) is 52.4 Å². The van der Waals surface area contributed by atoms with Gasteiger partial charge in [-0.05, 0) is 52.4 Å². The molecule has 0 unspecified atom stereocenters. The molecule has 0 bridgehead atoms. The van der Waals surface area contributed by atoms with E-state index in [4.69, 9.17) is 14.2 Å². The van der Waals surface area contributed by atoms with Gasteiger partial charge in [0.25, 0.3) is 0 Å². The van der Waals surface area contributed by atoms with Crippen molar-refractivity contribution >= 4 is 6.09 Å². The number of ether oxygens (including phenoxy) is 3. The lowest BCUT2D eigenvalue weighted by Gasteiger charge is -2.35. The number of rotatable bonds is 6. The summed E-state index contributed by atoms with van der Waals surface area (Å²) >= 11 is 0. The molecule has 1 aliphatic heterocycles. The Balaban J connectivity index is 1.16. The number of carbonyl (C=O) groups excluding carboxylic acids is 1. The van der Waals surface area contributed by atoms with Crippen LogP contribution < -0.4 is 4.74 Å². The zero-order chi connectivity index (χ0) is 21.6. The van der Waals surface area contributed by atoms with Crippen molar-refractivity contribution in [1.82, 2.24) is 29.6 Å². The summed E-state index contributed by atoms with van der Waals surface area (Å²) in [5, 5.41) is 4.03. The zero-order valence-corrected chi connectivity index (χ0v) is 18.1. The number of hydrogen-bond donors (Lipinski definition) is 0. The highest BCUT2D eigenvalue weighted by Crippen LogP contribution is 2.27. The fourth-order valence-electron chi connectivity index (χ4n) is 3.99. The molecule has 1 aliphatic carbocycles. The molecule has 2 aromatic rings. The van der Waals surface area contributed by atoms with Crippen molar-refractivity contribution in [2.75, 3.05) is 13.1 Å². The molecule has 0 aromatic carbocycles. The average molecular weight is 431 g/mol. The van der Waals surface area contributed by atoms with Gasteiger partial charge in [-0.1, -0.05) is 0 Å². The number of piperidine rings is 1. The summed E-state index contributed by atoms with van der Waals surface area (Å²) in [4.78, 5) is 26.3. The van der Waals surface area contributed by atoms with Crippen molar-refractivity contribution in [2.24, 2.45) is 0 Å². The quantitative estimate of drug-likeness (QED) is 0.689. The van der Waals surface area contributed by atoms with Crippen LogP contribution in [0.5, 0.6) is 5.88 Å². The SMILES string of the molecule is CC(C)OC(=O)N1CCC(OC2CCC(Oc3cnc(-n4cncn4)cn3)CC2)CC1. The van der Waals surface area contributed by atoms with Crippen molar-refractivity contribution < 1.29 is 19.0 Å². The normalized spacial score (nSPS) is 22.5. The molecule has 0 N–H and O–H groups in total. The Labute approximate surface area is 181 Å². The molecule has 1 saturated heterocycles. The molecular weight excluding hydrogens is 400 g/mol. The summed E-state index contributed by atoms with van der Waals surface area (Å²) in [5.41, 5.74) is 0. The van der Waals surface area contributed by atoms with Crippen LogP contribution in [0.2, 0.25) is 0 Å². The van der Waals surface area contributed by atoms with E-state index in [1.165, 1.54) is 6.33 Å². The molecule has 2 fully saturated rings. The Morgan fingerprint density at radius 3 is 2.32 bits per heavy atom. The van der Waals surface area contributed by atoms with E-state index in [1.807, 2.05) is 13.8 Å². The lowest BCUT2D eigenvalue weighted by Crippen LogP contribution is -2.43. The number of likely N-dealkylation sites (tertiary alicyclic amines) is 1. The molecule has 31 heavy (non-hydrogen) atoms. The fourth-order valence-corrected chi connectivity index (χ4v) is 3.99. The standard InChI is InChI=1S/C21H30N6O4/c1-15(2)29-21(28)26-9-7-18(8-10-26)30-16-3-5-17(6-4-16)31-20-12-23-19(11-24-20)27-14-22-13-25-27/h11-18H,3-10H2,1-2H3. The van der Waals surface area contributed by atoms with Crippen LogP contribution in [0.4, 0.5) is 4.79 Å². The summed E-state index contributed by atoms with van der Waals surface area (Å²) in [6, 6.07) is 0. The molecule has 2 aromatic heterocycles. The topological polar surface area (TPSA) is 104 Å². The largest absolute Gasteiger partial charge is 0.473 e. The van der Waals surface area contributed by atoms with Crippen LogP contribution in [0.25, 0.3) is 5.82 Å². The minimum atomic E-state index is -0.219. The molecule has 10 nitrogen and oxygen atoms in total. The lowest BCUT2D eigenvalue weighted by atomic mass is 9.94. The van der Waals surface area contributed by atoms with Crippen LogP contribution in [0, 0.1) is 0 Å². The molecular formula is C21H30N6O4. The Bertz CT molecular complexity index is 813. The highest BCUT2D eigenvalue weighted by molar-refractivity contribution is 5.67. The maximum atomic E-state index is 12.0. The lowest BCUT2D eigenvalue weighted by molar-refractivity contribution is -0.0659. The third-order valence-electron chi connectivity index (χ3n) is 5.60. The summed E-state index contributed by atoms with van der Waals surface area (Å²) in [5.74, 6) is 1.12. The molecule has 1 amide bonds. The molecule has 2 aliphatic rings. The molecule has 0 spiro atoms. The van der Waals surface area contributed by atoms with E-state index < -0.39 is 0 Å². The molecule has 10 heteroatoms. The Hall–Kier alpha value is -2.75. The maximum Gasteiger partial charge on any atom is 0.410 e. The Morgan fingerprint density at radius 2 is 1.71 bits per heavy atom. The van der Waals surface area contributed by atoms with Gasteiger partial charge in [-0.15, -0.1) is 0 Å². The second-order valence-corrected chi connectivity index (χ2v) is 8.32. The van der Waals surface area contributed by atoms with E-state index >= 15 is 0 Å². The molecule has 0 radical (unpaired) electrons. The maximum absolute atomic E-state index is 12.0. The van der Waals surface area contributed by atoms with Gasteiger partial charge in [0.05, 0.1) is 30.7 Å². The van der Waals surface area contributed by atoms with Crippen molar-refractivity contribution in [1.29, 1.82) is 0 Å². The summed E-state index contributed by atoms with van der Waals surface area (Å²) in [6.07, 6.45) is 12.1. The van der Waals surface area contributed by atoms with Gasteiger partial charge in [-0.2, -0.15) is 5.10 Å². The van der Waals surface area contributed by atoms with E-state index in [0.29, 0.717) is 24.8 Å². The van der Waals surface area contributed by atoms with Gasteiger partial charge in [0.2, 0.25) is 5.88 Å². The van der Waals surface area contributed by atoms with Gasteiger partial charge in [0.1, 0.15) is 18.8 Å². The number of nitrogens with zero attached hydrogens (tertiary/aromatic N) is 6. The van der Waals surface area contributed by atoms with E-state index in [2.05, 4.69) is 20.1 Å². The summed E-state index contributed by atoms with van der Waals surface area (Å²) in [6.45, 7) is 5.12. The first-order valence-corrected chi connectivity index (χ1v) is 11.0. The first kappa shape index (κ1) is 21.5. The zero-order valence-electron chi connectivity index (χ0n) is 18.1. The molecule has 168 valence electrons. The van der Waals surface area contributed by atoms with Crippen LogP contribution in [-0.4, -0.2) is 73.2 Å². The van der Waals surface area contributed by atoms with Gasteiger partial charge < -0.3 is 19.1 Å². The molecule has 4 rings (SSSR count). The number of hydrogen-bond acceptors (Lipinski definition) is 8. The Kier molecular flexibility index (Phi) is 6.96. The van der Waals surface area contributed by atoms with Crippen molar-refractivity contribution in [3.8, 4) is 11.7 Å². The first-order chi connectivity index (χ1) is 15.1. The molecule has 3 heterocycles. The van der Waals surface area contributed by atoms with Crippen LogP contribution >= 0.6 is 0 Å². The van der Waals surface area contributed by atoms with Crippen LogP contribution in [0.15, 0.2) is 25.0 Å². The minimum absolute atomic E-state index is 0.0866. The summed E-state index contributed by atoms with van der Waals surface area (Å²) < 4.78 is 19.2. The molecule has 1 saturated carbocycles. The smallest absolute Gasteiger partial charge is 0.410 e. The second kappa shape index (κ2) is 10.0. The van der Waals surface area contributed by atoms with Crippen molar-refractivity contribution in [2.45, 2.75) is 76.8 Å². The average Bonchev–Trinajstić information content (AvgIpc) is 3.31. The second-order valence-electron chi connectivity index (χ2n) is 8.32. The van der Waals surface area contributed by atoms with E-state index in [0.717, 1.165) is 38.5 Å². The van der Waals surface area contributed by atoms with E-state index in [9.17, 15) is 4.79 Å². The first-order valence-electron chi connectivity index (χ1n) is 11.0. The van der Waals surface area contributed by atoms with Gasteiger partial charge in [-0.25, -0.2) is 24.4 Å². The van der Waals surface area contributed by atoms with Gasteiger partial charge >= 0.3 is 6.09 Å². The number of aromatic nitrogens is 5. The van der Waals surface area contributed by atoms with Gasteiger partial charge in [0, 0.05) is 13.1 Å². The van der Waals surface area contributed by atoms with Crippen LogP contribution in [0.3, 0.4) is 0 Å². The van der Waals surface area contributed by atoms with Crippen molar-refractivity contribution in [3.05, 3.63) is 25.0 Å². The van der Waals surface area contributed by atoms with Gasteiger partial charge in [0.15, 0.2) is 5.82 Å². The van der Waals surface area contributed by atoms with E-state index in [-0.39, 0.29) is 30.5 Å². The predicted octanol–water partition coefficient (Wildman–Crippen LogP) is 2.77. The third-order valence-corrected chi connectivity index (χ3v) is 5.60. The Morgan fingerprint density at radius 1 is 1.00 bits per heavy atom. The van der Waals surface area contributed by atoms with Crippen LogP contribution in [-0.2, 0) is 9.47 Å². The number of amides is 1. The fraction of sp³-hybridized carbons (Fsp3) is 0.667. The highest BCUT2D eigenvalue weighted by atomic mass is 16.6. The summed E-state index contributed by atoms with van der Waals surface area (Å²) in [7, 11) is 0. The molecule has 0 atom stereocenters.